The van der Waals surface area contributed by atoms with E-state index in [2.05, 4.69) is 10.1 Å². The zero-order valence-corrected chi connectivity index (χ0v) is 12.4. The summed E-state index contributed by atoms with van der Waals surface area (Å²) in [6, 6.07) is 10.7. The third-order valence-electron chi connectivity index (χ3n) is 1.76. The van der Waals surface area contributed by atoms with Gasteiger partial charge in [-0.15, -0.1) is 0 Å². The number of nitrogens with zero attached hydrogens (tertiary/aromatic N) is 1. The molecule has 0 aliphatic heterocycles. The van der Waals surface area contributed by atoms with Crippen LogP contribution < -0.4 is 34.9 Å². The molecule has 0 aliphatic carbocycles. The van der Waals surface area contributed by atoms with Crippen molar-refractivity contribution in [2.45, 2.75) is 0 Å². The molecule has 0 atom stereocenters. The maximum absolute atomic E-state index is 11.2. The van der Waals surface area contributed by atoms with Crippen LogP contribution in [0.25, 0.3) is 0 Å². The van der Waals surface area contributed by atoms with Crippen LogP contribution in [0.5, 0.6) is 0 Å². The normalized spacial score (nSPS) is 10.4. The molecule has 1 N–H and O–H groups in total. The van der Waals surface area contributed by atoms with Gasteiger partial charge in [0.1, 0.15) is 11.6 Å². The van der Waals surface area contributed by atoms with Crippen molar-refractivity contribution in [3.05, 3.63) is 40.9 Å². The second-order valence-corrected chi connectivity index (χ2v) is 3.21. The number of nitriles is 1. The minimum Gasteiger partial charge on any atom is -0.761 e. The zero-order chi connectivity index (χ0) is 12.0. The van der Waals surface area contributed by atoms with Crippen LogP contribution in [0, 0.1) is 11.3 Å². The molecule has 1 aromatic rings. The van der Waals surface area contributed by atoms with Gasteiger partial charge in [-0.2, -0.15) is 5.26 Å². The minimum absolute atomic E-state index is 0. The van der Waals surface area contributed by atoms with E-state index < -0.39 is 5.97 Å². The Balaban J connectivity index is 0.00000256. The first-order valence-corrected chi connectivity index (χ1v) is 4.81. The molecule has 0 bridgehead atoms. The van der Waals surface area contributed by atoms with Crippen LogP contribution in [-0.4, -0.2) is 13.1 Å². The van der Waals surface area contributed by atoms with Gasteiger partial charge in [-0.25, -0.2) is 4.79 Å². The van der Waals surface area contributed by atoms with Crippen LogP contribution in [0.4, 0.5) is 5.69 Å². The van der Waals surface area contributed by atoms with E-state index in [0.717, 1.165) is 0 Å². The molecular formula is C11H9N2NaO2S. The summed E-state index contributed by atoms with van der Waals surface area (Å²) in [5, 5.41) is 11.6. The van der Waals surface area contributed by atoms with Crippen molar-refractivity contribution in [1.29, 1.82) is 5.26 Å². The number of esters is 1. The summed E-state index contributed by atoms with van der Waals surface area (Å²) in [4.78, 5) is 11.2. The number of rotatable bonds is 3. The van der Waals surface area contributed by atoms with E-state index in [1.807, 2.05) is 18.2 Å². The molecule has 0 saturated carbocycles. The SMILES string of the molecule is COC(=O)/C(C#N)=C(/[S-])Nc1ccccc1.[Na+]. The first-order chi connectivity index (χ1) is 7.69. The van der Waals surface area contributed by atoms with Crippen molar-refractivity contribution < 1.29 is 39.1 Å². The number of nitrogens with one attached hydrogen (secondary N) is 1. The number of para-hydroxylation sites is 1. The number of anilines is 1. The van der Waals surface area contributed by atoms with Gasteiger partial charge in [0.25, 0.3) is 0 Å². The van der Waals surface area contributed by atoms with Crippen molar-refractivity contribution in [1.82, 2.24) is 0 Å². The number of carbonyl (C=O) groups is 1. The van der Waals surface area contributed by atoms with E-state index in [9.17, 15) is 4.79 Å². The first-order valence-electron chi connectivity index (χ1n) is 4.40. The van der Waals surface area contributed by atoms with Gasteiger partial charge in [-0.3, -0.25) is 0 Å². The molecule has 1 aromatic carbocycles. The predicted octanol–water partition coefficient (Wildman–Crippen LogP) is -1.44. The smallest absolute Gasteiger partial charge is 0.761 e. The maximum Gasteiger partial charge on any atom is 1.00 e. The van der Waals surface area contributed by atoms with Gasteiger partial charge in [0.2, 0.25) is 0 Å². The summed E-state index contributed by atoms with van der Waals surface area (Å²) < 4.78 is 4.44. The summed E-state index contributed by atoms with van der Waals surface area (Å²) in [5.41, 5.74) is 0.505. The van der Waals surface area contributed by atoms with Crippen LogP contribution in [0.3, 0.4) is 0 Å². The second kappa shape index (κ2) is 8.09. The van der Waals surface area contributed by atoms with Gasteiger partial charge in [0, 0.05) is 5.69 Å². The molecule has 0 spiro atoms. The molecule has 0 unspecified atom stereocenters. The second-order valence-electron chi connectivity index (χ2n) is 2.80. The summed E-state index contributed by atoms with van der Waals surface area (Å²) in [6.07, 6.45) is 0. The Morgan fingerprint density at radius 3 is 2.47 bits per heavy atom. The largest absolute Gasteiger partial charge is 1.00 e. The molecule has 0 amide bonds. The standard InChI is InChI=1S/C11H10N2O2S.Na/c1-15-11(14)9(7-12)10(16)13-8-5-3-2-4-6-8;/h2-6,13,16H,1H3;/q;+1/p-1/b10-9+;. The van der Waals surface area contributed by atoms with Crippen LogP contribution in [0.2, 0.25) is 0 Å². The number of hydrogen-bond acceptors (Lipinski definition) is 5. The Labute approximate surface area is 127 Å². The molecule has 0 radical (unpaired) electrons. The van der Waals surface area contributed by atoms with E-state index in [1.165, 1.54) is 7.11 Å². The van der Waals surface area contributed by atoms with E-state index >= 15 is 0 Å². The fraction of sp³-hybridized carbons (Fsp3) is 0.0909. The average Bonchev–Trinajstić information content (AvgIpc) is 2.31. The Bertz CT molecular complexity index is 454. The molecule has 4 nitrogen and oxygen atoms in total. The van der Waals surface area contributed by atoms with Gasteiger partial charge in [0.05, 0.1) is 7.11 Å². The third kappa shape index (κ3) is 4.75. The van der Waals surface area contributed by atoms with Crippen molar-refractivity contribution in [3.63, 3.8) is 0 Å². The Morgan fingerprint density at radius 1 is 1.41 bits per heavy atom. The Morgan fingerprint density at radius 2 is 2.00 bits per heavy atom. The van der Waals surface area contributed by atoms with Gasteiger partial charge >= 0.3 is 35.5 Å². The fourth-order valence-electron chi connectivity index (χ4n) is 1.01. The summed E-state index contributed by atoms with van der Waals surface area (Å²) in [7, 11) is 1.20. The van der Waals surface area contributed by atoms with E-state index in [4.69, 9.17) is 17.9 Å². The monoisotopic (exact) mass is 256 g/mol. The third-order valence-corrected chi connectivity index (χ3v) is 2.07. The summed E-state index contributed by atoms with van der Waals surface area (Å²) in [6.45, 7) is 0. The van der Waals surface area contributed by atoms with E-state index in [-0.39, 0.29) is 40.2 Å². The van der Waals surface area contributed by atoms with E-state index in [0.29, 0.717) is 5.69 Å². The van der Waals surface area contributed by atoms with Crippen molar-refractivity contribution >= 4 is 24.3 Å². The number of ether oxygens (including phenoxy) is 1. The predicted molar refractivity (Wildman–Crippen MR) is 62.1 cm³/mol. The molecule has 0 aliphatic rings. The molecule has 6 heteroatoms. The van der Waals surface area contributed by atoms with Crippen LogP contribution in [0.1, 0.15) is 0 Å². The fourth-order valence-corrected chi connectivity index (χ4v) is 1.25. The Kier molecular flexibility index (Phi) is 7.59. The van der Waals surface area contributed by atoms with Gasteiger partial charge in [-0.05, 0) is 12.1 Å². The van der Waals surface area contributed by atoms with Crippen LogP contribution >= 0.6 is 0 Å². The minimum atomic E-state index is -0.740. The molecule has 0 aromatic heterocycles. The number of methoxy groups -OCH3 is 1. The van der Waals surface area contributed by atoms with Crippen LogP contribution in [-0.2, 0) is 22.2 Å². The Hall–Kier alpha value is -1.06. The molecule has 0 fully saturated rings. The van der Waals surface area contributed by atoms with Crippen molar-refractivity contribution in [2.75, 3.05) is 12.4 Å². The van der Waals surface area contributed by atoms with Crippen molar-refractivity contribution in [3.8, 4) is 6.07 Å². The summed E-state index contributed by atoms with van der Waals surface area (Å²) in [5.74, 6) is -0.740. The number of carbonyl (C=O) groups excluding carboxylic acids is 1. The number of benzene rings is 1. The first kappa shape index (κ1) is 15.9. The van der Waals surface area contributed by atoms with Gasteiger partial charge < -0.3 is 22.7 Å². The quantitative estimate of drug-likeness (QED) is 0.236. The average molecular weight is 256 g/mol. The van der Waals surface area contributed by atoms with E-state index in [1.54, 1.807) is 18.2 Å². The van der Waals surface area contributed by atoms with Crippen LogP contribution in [0.15, 0.2) is 40.9 Å². The maximum atomic E-state index is 11.2. The molecule has 0 heterocycles. The zero-order valence-electron chi connectivity index (χ0n) is 9.56. The molecule has 0 saturated heterocycles. The van der Waals surface area contributed by atoms with Gasteiger partial charge in [-0.1, -0.05) is 23.2 Å². The molecule has 1 rings (SSSR count). The number of hydrogen-bond donors (Lipinski definition) is 1. The molecule has 82 valence electrons. The van der Waals surface area contributed by atoms with Crippen molar-refractivity contribution in [2.24, 2.45) is 0 Å². The topological polar surface area (TPSA) is 62.1 Å². The van der Waals surface area contributed by atoms with Gasteiger partial charge in [0.15, 0.2) is 0 Å². The molecule has 17 heavy (non-hydrogen) atoms. The summed E-state index contributed by atoms with van der Waals surface area (Å²) >= 11 is 4.93. The molecular weight excluding hydrogens is 247 g/mol.